The zero-order valence-electron chi connectivity index (χ0n) is 14.7. The molecule has 4 rings (SSSR count). The summed E-state index contributed by atoms with van der Waals surface area (Å²) in [6.07, 6.45) is 4.39. The summed E-state index contributed by atoms with van der Waals surface area (Å²) in [7, 11) is 0. The van der Waals surface area contributed by atoms with E-state index in [1.54, 1.807) is 12.3 Å². The van der Waals surface area contributed by atoms with Gasteiger partial charge in [0.1, 0.15) is 11.9 Å². The highest BCUT2D eigenvalue weighted by Gasteiger charge is 2.37. The Kier molecular flexibility index (Phi) is 4.57. The lowest BCUT2D eigenvalue weighted by molar-refractivity contribution is -0.144. The Bertz CT molecular complexity index is 804. The van der Waals surface area contributed by atoms with Crippen LogP contribution in [0.4, 0.5) is 5.82 Å². The Morgan fingerprint density at radius 3 is 2.38 bits per heavy atom. The predicted octanol–water partition coefficient (Wildman–Crippen LogP) is 3.14. The van der Waals surface area contributed by atoms with E-state index >= 15 is 0 Å². The average molecular weight is 346 g/mol. The van der Waals surface area contributed by atoms with E-state index in [4.69, 9.17) is 5.26 Å². The molecule has 132 valence electrons. The van der Waals surface area contributed by atoms with Crippen molar-refractivity contribution in [3.05, 3.63) is 59.8 Å². The van der Waals surface area contributed by atoms with Crippen LogP contribution in [0.2, 0.25) is 0 Å². The molecule has 2 saturated heterocycles. The number of benzene rings is 1. The van der Waals surface area contributed by atoms with E-state index in [-0.39, 0.29) is 12.0 Å². The number of piperidine rings is 1. The Morgan fingerprint density at radius 1 is 1.04 bits per heavy atom. The molecule has 1 aromatic heterocycles. The first-order chi connectivity index (χ1) is 12.8. The summed E-state index contributed by atoms with van der Waals surface area (Å²) in [6.45, 7) is 2.54. The molecule has 0 radical (unpaired) electrons. The maximum Gasteiger partial charge on any atom is 0.226 e. The summed E-state index contributed by atoms with van der Waals surface area (Å²) >= 11 is 0. The maximum absolute atomic E-state index is 12.9. The van der Waals surface area contributed by atoms with Gasteiger partial charge in [-0.2, -0.15) is 5.26 Å². The summed E-state index contributed by atoms with van der Waals surface area (Å²) in [4.78, 5) is 21.6. The molecule has 1 atom stereocenters. The third-order valence-corrected chi connectivity index (χ3v) is 5.53. The second kappa shape index (κ2) is 7.17. The van der Waals surface area contributed by atoms with Crippen LogP contribution in [0.3, 0.4) is 0 Å². The van der Waals surface area contributed by atoms with Crippen molar-refractivity contribution in [2.24, 2.45) is 5.92 Å². The number of hydrogen-bond acceptors (Lipinski definition) is 4. The molecule has 1 amide bonds. The lowest BCUT2D eigenvalue weighted by Crippen LogP contribution is -2.50. The van der Waals surface area contributed by atoms with Crippen molar-refractivity contribution in [3.63, 3.8) is 0 Å². The van der Waals surface area contributed by atoms with Gasteiger partial charge in [-0.15, -0.1) is 0 Å². The van der Waals surface area contributed by atoms with Gasteiger partial charge in [0.05, 0.1) is 11.6 Å². The van der Waals surface area contributed by atoms with Gasteiger partial charge >= 0.3 is 0 Å². The van der Waals surface area contributed by atoms with Gasteiger partial charge in [-0.05, 0) is 37.0 Å². The standard InChI is InChI=1S/C21H22N4O/c22-14-16-6-7-20(23-15-16)24-11-8-18(9-12-24)21(26)25-13-10-19(25)17-4-2-1-3-5-17/h1-7,15,18-19H,8-13H2/t19-/m0/s1. The van der Waals surface area contributed by atoms with Gasteiger partial charge in [0.2, 0.25) is 5.91 Å². The van der Waals surface area contributed by atoms with Crippen molar-refractivity contribution in [2.45, 2.75) is 25.3 Å². The summed E-state index contributed by atoms with van der Waals surface area (Å²) in [5, 5.41) is 8.87. The maximum atomic E-state index is 12.9. The number of amides is 1. The molecule has 3 heterocycles. The van der Waals surface area contributed by atoms with E-state index < -0.39 is 0 Å². The minimum Gasteiger partial charge on any atom is -0.357 e. The third kappa shape index (κ3) is 3.15. The summed E-state index contributed by atoms with van der Waals surface area (Å²) in [5.74, 6) is 1.30. The molecule has 2 aromatic rings. The van der Waals surface area contributed by atoms with Gasteiger partial charge in [-0.1, -0.05) is 30.3 Å². The first kappa shape index (κ1) is 16.6. The molecule has 1 aromatic carbocycles. The van der Waals surface area contributed by atoms with Gasteiger partial charge in [0.25, 0.3) is 0 Å². The molecular formula is C21H22N4O. The molecule has 5 heteroatoms. The number of likely N-dealkylation sites (tertiary alicyclic amines) is 1. The number of nitrogens with zero attached hydrogens (tertiary/aromatic N) is 4. The number of pyridine rings is 1. The van der Waals surface area contributed by atoms with Crippen molar-refractivity contribution in [1.29, 1.82) is 5.26 Å². The minimum absolute atomic E-state index is 0.108. The Labute approximate surface area is 153 Å². The zero-order chi connectivity index (χ0) is 17.9. The fourth-order valence-corrected chi connectivity index (χ4v) is 3.90. The van der Waals surface area contributed by atoms with Gasteiger partial charge in [0, 0.05) is 31.7 Å². The molecule has 0 unspecified atom stereocenters. The highest BCUT2D eigenvalue weighted by atomic mass is 16.2. The largest absolute Gasteiger partial charge is 0.357 e. The monoisotopic (exact) mass is 346 g/mol. The quantitative estimate of drug-likeness (QED) is 0.857. The molecule has 0 aliphatic carbocycles. The summed E-state index contributed by atoms with van der Waals surface area (Å²) in [6, 6.07) is 16.4. The van der Waals surface area contributed by atoms with Crippen molar-refractivity contribution < 1.29 is 4.79 Å². The van der Waals surface area contributed by atoms with E-state index in [9.17, 15) is 4.79 Å². The van der Waals surface area contributed by atoms with E-state index in [1.165, 1.54) is 5.56 Å². The van der Waals surface area contributed by atoms with E-state index in [1.807, 2.05) is 24.3 Å². The Morgan fingerprint density at radius 2 is 1.81 bits per heavy atom. The second-order valence-corrected chi connectivity index (χ2v) is 7.02. The number of rotatable bonds is 3. The first-order valence-corrected chi connectivity index (χ1v) is 9.23. The smallest absolute Gasteiger partial charge is 0.226 e. The number of carbonyl (C=O) groups excluding carboxylic acids is 1. The molecule has 2 aliphatic heterocycles. The highest BCUT2D eigenvalue weighted by molar-refractivity contribution is 5.80. The third-order valence-electron chi connectivity index (χ3n) is 5.53. The molecular weight excluding hydrogens is 324 g/mol. The second-order valence-electron chi connectivity index (χ2n) is 7.02. The molecule has 0 saturated carbocycles. The van der Waals surface area contributed by atoms with E-state index in [0.29, 0.717) is 11.5 Å². The molecule has 0 bridgehead atoms. The fraction of sp³-hybridized carbons (Fsp3) is 0.381. The summed E-state index contributed by atoms with van der Waals surface area (Å²) in [5.41, 5.74) is 1.81. The van der Waals surface area contributed by atoms with Gasteiger partial charge < -0.3 is 9.80 Å². The molecule has 26 heavy (non-hydrogen) atoms. The van der Waals surface area contributed by atoms with Crippen molar-refractivity contribution in [1.82, 2.24) is 9.88 Å². The van der Waals surface area contributed by atoms with Gasteiger partial charge in [-0.3, -0.25) is 4.79 Å². The number of nitriles is 1. The van der Waals surface area contributed by atoms with Crippen LogP contribution >= 0.6 is 0 Å². The fourth-order valence-electron chi connectivity index (χ4n) is 3.90. The highest BCUT2D eigenvalue weighted by Crippen LogP contribution is 2.36. The molecule has 2 fully saturated rings. The number of aromatic nitrogens is 1. The number of carbonyl (C=O) groups is 1. The van der Waals surface area contributed by atoms with Crippen molar-refractivity contribution in [2.75, 3.05) is 24.5 Å². The van der Waals surface area contributed by atoms with Crippen LogP contribution in [0.5, 0.6) is 0 Å². The van der Waals surface area contributed by atoms with Crippen LogP contribution in [0.25, 0.3) is 0 Å². The molecule has 0 N–H and O–H groups in total. The van der Waals surface area contributed by atoms with Crippen molar-refractivity contribution in [3.8, 4) is 6.07 Å². The normalized spacial score (nSPS) is 20.3. The lowest BCUT2D eigenvalue weighted by atomic mass is 9.89. The van der Waals surface area contributed by atoms with Gasteiger partial charge in [-0.25, -0.2) is 4.98 Å². The lowest BCUT2D eigenvalue weighted by Gasteiger charge is -2.44. The SMILES string of the molecule is N#Cc1ccc(N2CCC(C(=O)N3CC[C@H]3c3ccccc3)CC2)nc1. The molecule has 5 nitrogen and oxygen atoms in total. The van der Waals surface area contributed by atoms with Crippen LogP contribution in [0, 0.1) is 17.2 Å². The van der Waals surface area contributed by atoms with Crippen LogP contribution in [0.15, 0.2) is 48.7 Å². The Balaban J connectivity index is 1.35. The first-order valence-electron chi connectivity index (χ1n) is 9.23. The number of hydrogen-bond donors (Lipinski definition) is 0. The van der Waals surface area contributed by atoms with E-state index in [2.05, 4.69) is 33.0 Å². The molecule has 0 spiro atoms. The van der Waals surface area contributed by atoms with Crippen LogP contribution in [0.1, 0.15) is 36.4 Å². The van der Waals surface area contributed by atoms with Crippen LogP contribution < -0.4 is 4.90 Å². The van der Waals surface area contributed by atoms with Gasteiger partial charge in [0.15, 0.2) is 0 Å². The van der Waals surface area contributed by atoms with Crippen LogP contribution in [-0.2, 0) is 4.79 Å². The van der Waals surface area contributed by atoms with Crippen LogP contribution in [-0.4, -0.2) is 35.4 Å². The molecule has 2 aliphatic rings. The minimum atomic E-state index is 0.108. The van der Waals surface area contributed by atoms with Crippen molar-refractivity contribution >= 4 is 11.7 Å². The Hall–Kier alpha value is -2.87. The zero-order valence-corrected chi connectivity index (χ0v) is 14.7. The number of anilines is 1. The summed E-state index contributed by atoms with van der Waals surface area (Å²) < 4.78 is 0. The topological polar surface area (TPSA) is 60.2 Å². The average Bonchev–Trinajstić information content (AvgIpc) is 2.68. The van der Waals surface area contributed by atoms with E-state index in [0.717, 1.165) is 44.7 Å². The predicted molar refractivity (Wildman–Crippen MR) is 99.4 cm³/mol.